The van der Waals surface area contributed by atoms with Crippen molar-refractivity contribution < 1.29 is 0 Å². The Hall–Kier alpha value is -2.02. The Morgan fingerprint density at radius 2 is 1.45 bits per heavy atom. The first kappa shape index (κ1) is 13.0. The van der Waals surface area contributed by atoms with E-state index in [9.17, 15) is 0 Å². The zero-order chi connectivity index (χ0) is 13.8. The fraction of sp³-hybridized carbons (Fsp3) is 0.231. The molecule has 0 aliphatic rings. The third-order valence-corrected chi connectivity index (χ3v) is 3.62. The summed E-state index contributed by atoms with van der Waals surface area (Å²) in [7, 11) is 0. The highest BCUT2D eigenvalue weighted by Crippen LogP contribution is 2.22. The summed E-state index contributed by atoms with van der Waals surface area (Å²) in [6.07, 6.45) is 6.56. The highest BCUT2D eigenvalue weighted by molar-refractivity contribution is 9.10. The third kappa shape index (κ3) is 3.11. The maximum absolute atomic E-state index is 4.18. The van der Waals surface area contributed by atoms with Crippen molar-refractivity contribution in [3.63, 3.8) is 0 Å². The van der Waals surface area contributed by atoms with Crippen LogP contribution in [0, 0.1) is 0 Å². The average Bonchev–Trinajstić information content (AvgIpc) is 3.12. The molecule has 0 saturated carbocycles. The molecule has 0 unspecified atom stereocenters. The second-order valence-electron chi connectivity index (χ2n) is 4.48. The SMILES string of the molecule is Brc1ccc(C(Cn2cncn2)Cn2cncn2)cc1. The molecular weight excluding hydrogens is 320 g/mol. The Balaban J connectivity index is 1.84. The van der Waals surface area contributed by atoms with Crippen LogP contribution in [0.2, 0.25) is 0 Å². The van der Waals surface area contributed by atoms with E-state index in [1.54, 1.807) is 25.3 Å². The van der Waals surface area contributed by atoms with Crippen molar-refractivity contribution >= 4 is 15.9 Å². The minimum absolute atomic E-state index is 0.256. The molecule has 0 fully saturated rings. The van der Waals surface area contributed by atoms with Gasteiger partial charge in [-0.1, -0.05) is 28.1 Å². The topological polar surface area (TPSA) is 61.4 Å². The van der Waals surface area contributed by atoms with Gasteiger partial charge in [0.05, 0.1) is 13.1 Å². The van der Waals surface area contributed by atoms with Gasteiger partial charge in [-0.2, -0.15) is 10.2 Å². The molecule has 0 radical (unpaired) electrons. The van der Waals surface area contributed by atoms with Crippen LogP contribution in [0.1, 0.15) is 11.5 Å². The fourth-order valence-corrected chi connectivity index (χ4v) is 2.37. The van der Waals surface area contributed by atoms with Crippen molar-refractivity contribution in [1.82, 2.24) is 29.5 Å². The van der Waals surface area contributed by atoms with Crippen LogP contribution in [0.25, 0.3) is 0 Å². The monoisotopic (exact) mass is 332 g/mol. The molecule has 20 heavy (non-hydrogen) atoms. The summed E-state index contributed by atoms with van der Waals surface area (Å²) < 4.78 is 4.74. The maximum Gasteiger partial charge on any atom is 0.137 e. The summed E-state index contributed by atoms with van der Waals surface area (Å²) in [5.41, 5.74) is 1.24. The van der Waals surface area contributed by atoms with Crippen LogP contribution in [-0.4, -0.2) is 29.5 Å². The maximum atomic E-state index is 4.18. The minimum atomic E-state index is 0.256. The number of hydrogen-bond donors (Lipinski definition) is 0. The van der Waals surface area contributed by atoms with Crippen molar-refractivity contribution in [1.29, 1.82) is 0 Å². The molecule has 3 aromatic rings. The lowest BCUT2D eigenvalue weighted by atomic mass is 9.99. The van der Waals surface area contributed by atoms with Gasteiger partial charge in [-0.05, 0) is 17.7 Å². The summed E-state index contributed by atoms with van der Waals surface area (Å²) in [6, 6.07) is 8.32. The molecule has 0 spiro atoms. The van der Waals surface area contributed by atoms with E-state index in [1.165, 1.54) is 5.56 Å². The van der Waals surface area contributed by atoms with Crippen molar-refractivity contribution in [3.8, 4) is 0 Å². The van der Waals surface area contributed by atoms with Gasteiger partial charge in [-0.15, -0.1) is 0 Å². The molecule has 0 saturated heterocycles. The largest absolute Gasteiger partial charge is 0.252 e. The lowest BCUT2D eigenvalue weighted by molar-refractivity contribution is 0.437. The van der Waals surface area contributed by atoms with Crippen LogP contribution in [0.3, 0.4) is 0 Å². The second kappa shape index (κ2) is 5.96. The molecule has 102 valence electrons. The first-order valence-electron chi connectivity index (χ1n) is 6.21. The number of benzene rings is 1. The van der Waals surface area contributed by atoms with Gasteiger partial charge < -0.3 is 0 Å². The number of nitrogens with zero attached hydrogens (tertiary/aromatic N) is 6. The van der Waals surface area contributed by atoms with Gasteiger partial charge in [-0.25, -0.2) is 9.97 Å². The summed E-state index contributed by atoms with van der Waals surface area (Å²) in [6.45, 7) is 1.50. The molecule has 0 aliphatic heterocycles. The Morgan fingerprint density at radius 1 is 0.900 bits per heavy atom. The van der Waals surface area contributed by atoms with Gasteiger partial charge in [0.1, 0.15) is 25.3 Å². The average molecular weight is 333 g/mol. The molecule has 2 aromatic heterocycles. The Kier molecular flexibility index (Phi) is 3.87. The summed E-state index contributed by atoms with van der Waals surface area (Å²) >= 11 is 3.46. The van der Waals surface area contributed by atoms with E-state index in [4.69, 9.17) is 0 Å². The van der Waals surface area contributed by atoms with Gasteiger partial charge >= 0.3 is 0 Å². The Morgan fingerprint density at radius 3 is 1.90 bits per heavy atom. The van der Waals surface area contributed by atoms with E-state index in [0.717, 1.165) is 17.6 Å². The highest BCUT2D eigenvalue weighted by atomic mass is 79.9. The first-order valence-corrected chi connectivity index (χ1v) is 7.01. The van der Waals surface area contributed by atoms with Gasteiger partial charge in [0.15, 0.2) is 0 Å². The van der Waals surface area contributed by atoms with Crippen LogP contribution in [-0.2, 0) is 13.1 Å². The summed E-state index contributed by atoms with van der Waals surface area (Å²) in [5, 5.41) is 8.36. The zero-order valence-corrected chi connectivity index (χ0v) is 12.3. The predicted octanol–water partition coefficient (Wildman–Crippen LogP) is 2.12. The lowest BCUT2D eigenvalue weighted by Crippen LogP contribution is -2.16. The van der Waals surface area contributed by atoms with Crippen molar-refractivity contribution in [2.75, 3.05) is 0 Å². The van der Waals surface area contributed by atoms with Gasteiger partial charge in [0.2, 0.25) is 0 Å². The molecular formula is C13H13BrN6. The van der Waals surface area contributed by atoms with Crippen LogP contribution in [0.5, 0.6) is 0 Å². The number of hydrogen-bond acceptors (Lipinski definition) is 4. The summed E-state index contributed by atoms with van der Waals surface area (Å²) in [5.74, 6) is 0.256. The van der Waals surface area contributed by atoms with E-state index in [-0.39, 0.29) is 5.92 Å². The Labute approximate surface area is 124 Å². The van der Waals surface area contributed by atoms with E-state index in [2.05, 4.69) is 48.2 Å². The summed E-state index contributed by atoms with van der Waals surface area (Å²) in [4.78, 5) is 7.98. The van der Waals surface area contributed by atoms with Crippen molar-refractivity contribution in [2.45, 2.75) is 19.0 Å². The van der Waals surface area contributed by atoms with E-state index >= 15 is 0 Å². The second-order valence-corrected chi connectivity index (χ2v) is 5.40. The van der Waals surface area contributed by atoms with E-state index in [0.29, 0.717) is 0 Å². The highest BCUT2D eigenvalue weighted by Gasteiger charge is 2.14. The van der Waals surface area contributed by atoms with E-state index < -0.39 is 0 Å². The minimum Gasteiger partial charge on any atom is -0.252 e. The molecule has 0 N–H and O–H groups in total. The number of aromatic nitrogens is 6. The lowest BCUT2D eigenvalue weighted by Gasteiger charge is -2.17. The molecule has 0 amide bonds. The molecule has 3 rings (SSSR count). The molecule has 2 heterocycles. The normalized spacial score (nSPS) is 11.1. The van der Waals surface area contributed by atoms with Crippen LogP contribution in [0.4, 0.5) is 0 Å². The number of halogens is 1. The molecule has 0 bridgehead atoms. The van der Waals surface area contributed by atoms with Crippen LogP contribution >= 0.6 is 15.9 Å². The van der Waals surface area contributed by atoms with E-state index in [1.807, 2.05) is 21.5 Å². The molecule has 6 nitrogen and oxygen atoms in total. The smallest absolute Gasteiger partial charge is 0.137 e. The molecule has 0 aliphatic carbocycles. The first-order chi connectivity index (χ1) is 9.81. The Bertz CT molecular complexity index is 596. The number of rotatable bonds is 5. The van der Waals surface area contributed by atoms with Gasteiger partial charge in [-0.3, -0.25) is 9.36 Å². The van der Waals surface area contributed by atoms with Crippen molar-refractivity contribution in [2.24, 2.45) is 0 Å². The molecule has 0 atom stereocenters. The fourth-order valence-electron chi connectivity index (χ4n) is 2.11. The molecule has 7 heteroatoms. The third-order valence-electron chi connectivity index (χ3n) is 3.09. The van der Waals surface area contributed by atoms with Gasteiger partial charge in [0, 0.05) is 10.4 Å². The standard InChI is InChI=1S/C13H13BrN6/c14-13-3-1-11(2-4-13)12(5-19-9-15-7-17-19)6-20-10-16-8-18-20/h1-4,7-10,12H,5-6H2. The predicted molar refractivity (Wildman–Crippen MR) is 76.9 cm³/mol. The van der Waals surface area contributed by atoms with Gasteiger partial charge in [0.25, 0.3) is 0 Å². The zero-order valence-electron chi connectivity index (χ0n) is 10.7. The van der Waals surface area contributed by atoms with Crippen molar-refractivity contribution in [3.05, 3.63) is 59.6 Å². The quantitative estimate of drug-likeness (QED) is 0.718. The molecule has 1 aromatic carbocycles. The van der Waals surface area contributed by atoms with Crippen LogP contribution < -0.4 is 0 Å². The van der Waals surface area contributed by atoms with Crippen LogP contribution in [0.15, 0.2) is 54.0 Å².